The molecule has 1 amide bonds. The molecule has 0 radical (unpaired) electrons. The molecule has 1 aliphatic rings. The quantitative estimate of drug-likeness (QED) is 0.878. The van der Waals surface area contributed by atoms with Crippen LogP contribution < -0.4 is 11.2 Å². The first-order valence-electron chi connectivity index (χ1n) is 7.18. The number of aromatic amines is 1. The number of carbonyl (C=O) groups excluding carboxylic acids is 1. The Labute approximate surface area is 126 Å². The van der Waals surface area contributed by atoms with Crippen LogP contribution in [-0.2, 0) is 6.54 Å². The lowest BCUT2D eigenvalue weighted by Crippen LogP contribution is -2.41. The topological polar surface area (TPSA) is 88.1 Å². The van der Waals surface area contributed by atoms with Gasteiger partial charge < -0.3 is 9.88 Å². The highest BCUT2D eigenvalue weighted by molar-refractivity contribution is 5.93. The van der Waals surface area contributed by atoms with Crippen molar-refractivity contribution in [3.05, 3.63) is 62.7 Å². The van der Waals surface area contributed by atoms with E-state index >= 15 is 0 Å². The van der Waals surface area contributed by atoms with E-state index in [1.165, 1.54) is 6.20 Å². The first kappa shape index (κ1) is 14.2. The molecular formula is C15H16N4O3. The molecule has 1 N–H and O–H groups in total. The largest absolute Gasteiger partial charge is 0.338 e. The van der Waals surface area contributed by atoms with Crippen molar-refractivity contribution in [2.45, 2.75) is 19.4 Å². The molecule has 0 spiro atoms. The molecule has 114 valence electrons. The fourth-order valence-corrected chi connectivity index (χ4v) is 2.55. The Morgan fingerprint density at radius 2 is 2.00 bits per heavy atom. The van der Waals surface area contributed by atoms with Crippen molar-refractivity contribution in [2.75, 3.05) is 13.1 Å². The number of carbonyl (C=O) groups is 1. The molecule has 0 aromatic carbocycles. The van der Waals surface area contributed by atoms with E-state index in [2.05, 4.69) is 9.97 Å². The Hall–Kier alpha value is -2.70. The number of aromatic nitrogens is 3. The highest BCUT2D eigenvalue weighted by Crippen LogP contribution is 2.10. The number of likely N-dealkylation sites (tertiary alicyclic amines) is 1. The first-order chi connectivity index (χ1) is 10.7. The molecular weight excluding hydrogens is 284 g/mol. The van der Waals surface area contributed by atoms with Crippen LogP contribution in [0.15, 0.2) is 40.2 Å². The Morgan fingerprint density at radius 3 is 2.68 bits per heavy atom. The normalized spacial score (nSPS) is 14.3. The third-order valence-corrected chi connectivity index (χ3v) is 3.73. The molecule has 2 aromatic rings. The Bertz CT molecular complexity index is 788. The molecule has 0 bridgehead atoms. The van der Waals surface area contributed by atoms with Crippen LogP contribution in [-0.4, -0.2) is 38.4 Å². The summed E-state index contributed by atoms with van der Waals surface area (Å²) < 4.78 is 1.01. The number of hydrogen-bond donors (Lipinski definition) is 1. The number of hydrogen-bond acceptors (Lipinski definition) is 4. The van der Waals surface area contributed by atoms with Gasteiger partial charge in [0.25, 0.3) is 11.5 Å². The van der Waals surface area contributed by atoms with E-state index in [1.807, 2.05) is 0 Å². The second-order valence-corrected chi connectivity index (χ2v) is 5.22. The monoisotopic (exact) mass is 300 g/mol. The highest BCUT2D eigenvalue weighted by Gasteiger charge is 2.23. The Balaban J connectivity index is 1.97. The lowest BCUT2D eigenvalue weighted by Gasteiger charge is -2.15. The molecule has 0 atom stereocenters. The summed E-state index contributed by atoms with van der Waals surface area (Å²) >= 11 is 0. The smallest absolute Gasteiger partial charge is 0.328 e. The zero-order chi connectivity index (χ0) is 15.5. The predicted molar refractivity (Wildman–Crippen MR) is 79.8 cm³/mol. The summed E-state index contributed by atoms with van der Waals surface area (Å²) in [5.74, 6) is -0.325. The minimum Gasteiger partial charge on any atom is -0.338 e. The molecule has 0 aliphatic carbocycles. The van der Waals surface area contributed by atoms with Gasteiger partial charge in [-0.2, -0.15) is 0 Å². The summed E-state index contributed by atoms with van der Waals surface area (Å²) in [6.45, 7) is 1.34. The fourth-order valence-electron chi connectivity index (χ4n) is 2.55. The molecule has 1 fully saturated rings. The molecule has 3 heterocycles. The van der Waals surface area contributed by atoms with E-state index in [0.29, 0.717) is 18.8 Å². The van der Waals surface area contributed by atoms with Gasteiger partial charge in [-0.05, 0) is 25.0 Å². The molecule has 0 saturated carbocycles. The van der Waals surface area contributed by atoms with Crippen molar-refractivity contribution in [2.24, 2.45) is 0 Å². The first-order valence-corrected chi connectivity index (χ1v) is 7.18. The average Bonchev–Trinajstić information content (AvgIpc) is 3.06. The summed E-state index contributed by atoms with van der Waals surface area (Å²) in [5, 5.41) is 0. The maximum absolute atomic E-state index is 12.5. The van der Waals surface area contributed by atoms with Crippen molar-refractivity contribution in [3.8, 4) is 0 Å². The Morgan fingerprint density at radius 1 is 1.23 bits per heavy atom. The highest BCUT2D eigenvalue weighted by atomic mass is 16.2. The van der Waals surface area contributed by atoms with Gasteiger partial charge in [-0.1, -0.05) is 6.07 Å². The van der Waals surface area contributed by atoms with E-state index in [0.717, 1.165) is 17.4 Å². The summed E-state index contributed by atoms with van der Waals surface area (Å²) in [6.07, 6.45) is 4.68. The van der Waals surface area contributed by atoms with Crippen LogP contribution in [0.2, 0.25) is 0 Å². The Kier molecular flexibility index (Phi) is 3.86. The fraction of sp³-hybridized carbons (Fsp3) is 0.333. The van der Waals surface area contributed by atoms with Gasteiger partial charge in [-0.3, -0.25) is 19.1 Å². The van der Waals surface area contributed by atoms with Crippen molar-refractivity contribution in [1.82, 2.24) is 19.4 Å². The third kappa shape index (κ3) is 2.69. The van der Waals surface area contributed by atoms with Crippen LogP contribution in [0, 0.1) is 0 Å². The number of nitrogens with one attached hydrogen (secondary N) is 1. The number of amides is 1. The van der Waals surface area contributed by atoms with Gasteiger partial charge in [0, 0.05) is 25.5 Å². The zero-order valence-electron chi connectivity index (χ0n) is 12.0. The van der Waals surface area contributed by atoms with Crippen LogP contribution in [0.5, 0.6) is 0 Å². The lowest BCUT2D eigenvalue weighted by molar-refractivity contribution is 0.0789. The van der Waals surface area contributed by atoms with Gasteiger partial charge >= 0.3 is 5.69 Å². The second-order valence-electron chi connectivity index (χ2n) is 5.22. The van der Waals surface area contributed by atoms with Crippen LogP contribution in [0.1, 0.15) is 28.9 Å². The van der Waals surface area contributed by atoms with Crippen molar-refractivity contribution < 1.29 is 4.79 Å². The average molecular weight is 300 g/mol. The second kappa shape index (κ2) is 5.97. The van der Waals surface area contributed by atoms with E-state index < -0.39 is 11.2 Å². The number of H-pyrrole nitrogens is 1. The van der Waals surface area contributed by atoms with Gasteiger partial charge in [0.2, 0.25) is 0 Å². The summed E-state index contributed by atoms with van der Waals surface area (Å²) in [4.78, 5) is 44.9. The summed E-state index contributed by atoms with van der Waals surface area (Å²) in [7, 11) is 0. The maximum Gasteiger partial charge on any atom is 0.328 e. The molecule has 2 aromatic heterocycles. The lowest BCUT2D eigenvalue weighted by atomic mass is 10.3. The molecule has 1 saturated heterocycles. The van der Waals surface area contributed by atoms with E-state index in [9.17, 15) is 14.4 Å². The minimum atomic E-state index is -0.577. The third-order valence-electron chi connectivity index (χ3n) is 3.73. The maximum atomic E-state index is 12.5. The van der Waals surface area contributed by atoms with E-state index in [-0.39, 0.29) is 18.0 Å². The standard InChI is InChI=1S/C15H16N4O3/c20-13(18-7-3-4-8-18)12-9-17-15(22)19(14(12)21)10-11-5-1-2-6-16-11/h1-2,5-6,9H,3-4,7-8,10H2,(H,17,22). The van der Waals surface area contributed by atoms with Gasteiger partial charge in [0.1, 0.15) is 5.56 Å². The zero-order valence-corrected chi connectivity index (χ0v) is 12.0. The van der Waals surface area contributed by atoms with Crippen LogP contribution in [0.4, 0.5) is 0 Å². The van der Waals surface area contributed by atoms with Gasteiger partial charge in [0.15, 0.2) is 0 Å². The molecule has 0 unspecified atom stereocenters. The van der Waals surface area contributed by atoms with Gasteiger partial charge in [0.05, 0.1) is 12.2 Å². The van der Waals surface area contributed by atoms with Crippen molar-refractivity contribution >= 4 is 5.91 Å². The van der Waals surface area contributed by atoms with Gasteiger partial charge in [-0.25, -0.2) is 4.79 Å². The SMILES string of the molecule is O=C(c1c[nH]c(=O)n(Cc2ccccn2)c1=O)N1CCCC1. The summed E-state index contributed by atoms with van der Waals surface area (Å²) in [6, 6.07) is 5.26. The van der Waals surface area contributed by atoms with Crippen molar-refractivity contribution in [1.29, 1.82) is 0 Å². The number of rotatable bonds is 3. The number of pyridine rings is 1. The molecule has 22 heavy (non-hydrogen) atoms. The van der Waals surface area contributed by atoms with E-state index in [4.69, 9.17) is 0 Å². The predicted octanol–water partition coefficient (Wildman–Crippen LogP) is 0.216. The summed E-state index contributed by atoms with van der Waals surface area (Å²) in [5.41, 5.74) is -0.543. The molecule has 1 aliphatic heterocycles. The van der Waals surface area contributed by atoms with Crippen LogP contribution in [0.25, 0.3) is 0 Å². The number of nitrogens with zero attached hydrogens (tertiary/aromatic N) is 3. The molecule has 3 rings (SSSR count). The molecule has 7 nitrogen and oxygen atoms in total. The van der Waals surface area contributed by atoms with Crippen molar-refractivity contribution in [3.63, 3.8) is 0 Å². The van der Waals surface area contributed by atoms with Crippen LogP contribution in [0.3, 0.4) is 0 Å². The van der Waals surface area contributed by atoms with Crippen LogP contribution >= 0.6 is 0 Å². The minimum absolute atomic E-state index is 0.00238. The van der Waals surface area contributed by atoms with Gasteiger partial charge in [-0.15, -0.1) is 0 Å². The van der Waals surface area contributed by atoms with E-state index in [1.54, 1.807) is 29.3 Å². The molecule has 7 heteroatoms.